The van der Waals surface area contributed by atoms with Crippen LogP contribution < -0.4 is 10.6 Å². The highest BCUT2D eigenvalue weighted by molar-refractivity contribution is 7.90. The van der Waals surface area contributed by atoms with Crippen LogP contribution in [0.25, 0.3) is 0 Å². The molecule has 0 saturated heterocycles. The summed E-state index contributed by atoms with van der Waals surface area (Å²) in [5.74, 6) is -2.28. The van der Waals surface area contributed by atoms with Crippen LogP contribution in [0.4, 0.5) is 0 Å². The Labute approximate surface area is 113 Å². The summed E-state index contributed by atoms with van der Waals surface area (Å²) < 4.78 is 22.0. The minimum absolute atomic E-state index is 0.131. The Hall–Kier alpha value is -1.15. The molecule has 0 aliphatic heterocycles. The number of amides is 1. The van der Waals surface area contributed by atoms with Crippen LogP contribution in [0.1, 0.15) is 20.3 Å². The molecule has 2 atom stereocenters. The summed E-state index contributed by atoms with van der Waals surface area (Å²) in [6.07, 6.45) is 0.898. The minimum Gasteiger partial charge on any atom is -0.480 e. The lowest BCUT2D eigenvalue weighted by Crippen LogP contribution is -2.45. The van der Waals surface area contributed by atoms with E-state index in [4.69, 9.17) is 5.11 Å². The van der Waals surface area contributed by atoms with Crippen molar-refractivity contribution in [1.29, 1.82) is 0 Å². The fourth-order valence-corrected chi connectivity index (χ4v) is 2.02. The molecule has 1 amide bonds. The van der Waals surface area contributed by atoms with Gasteiger partial charge < -0.3 is 15.7 Å². The average molecular weight is 294 g/mol. The second kappa shape index (κ2) is 8.11. The predicted octanol–water partition coefficient (Wildman–Crippen LogP) is -0.764. The van der Waals surface area contributed by atoms with Crippen molar-refractivity contribution < 1.29 is 23.1 Å². The van der Waals surface area contributed by atoms with Crippen LogP contribution in [0.3, 0.4) is 0 Å². The number of rotatable bonds is 9. The van der Waals surface area contributed by atoms with Crippen molar-refractivity contribution in [3.63, 3.8) is 0 Å². The fraction of sp³-hybridized carbons (Fsp3) is 0.818. The van der Waals surface area contributed by atoms with Gasteiger partial charge in [-0.3, -0.25) is 4.79 Å². The summed E-state index contributed by atoms with van der Waals surface area (Å²) in [4.78, 5) is 22.7. The number of nitrogens with one attached hydrogen (secondary N) is 2. The molecule has 0 heterocycles. The lowest BCUT2D eigenvalue weighted by Gasteiger charge is -2.17. The van der Waals surface area contributed by atoms with Gasteiger partial charge in [0.25, 0.3) is 0 Å². The second-order valence-corrected chi connectivity index (χ2v) is 6.79. The summed E-state index contributed by atoms with van der Waals surface area (Å²) in [6, 6.07) is -1.17. The first kappa shape index (κ1) is 17.8. The third-order valence-electron chi connectivity index (χ3n) is 2.54. The molecule has 0 fully saturated rings. The number of carboxylic acids is 1. The number of sulfone groups is 1. The maximum Gasteiger partial charge on any atom is 0.326 e. The van der Waals surface area contributed by atoms with Gasteiger partial charge in [-0.15, -0.1) is 0 Å². The first-order valence-electron chi connectivity index (χ1n) is 6.09. The average Bonchev–Trinajstić information content (AvgIpc) is 2.29. The van der Waals surface area contributed by atoms with Crippen LogP contribution in [-0.2, 0) is 19.4 Å². The van der Waals surface area contributed by atoms with Gasteiger partial charge in [-0.05, 0) is 13.0 Å². The topological polar surface area (TPSA) is 113 Å². The van der Waals surface area contributed by atoms with E-state index < -0.39 is 27.8 Å². The molecule has 0 aliphatic carbocycles. The fourth-order valence-electron chi connectivity index (χ4n) is 1.36. The molecular formula is C11H22N2O5S. The quantitative estimate of drug-likeness (QED) is 0.515. The molecule has 112 valence electrons. The summed E-state index contributed by atoms with van der Waals surface area (Å²) in [7, 11) is -3.25. The van der Waals surface area contributed by atoms with Crippen LogP contribution >= 0.6 is 0 Å². The van der Waals surface area contributed by atoms with Crippen molar-refractivity contribution in [2.45, 2.75) is 26.3 Å². The van der Waals surface area contributed by atoms with Gasteiger partial charge in [0, 0.05) is 18.7 Å². The van der Waals surface area contributed by atoms with Crippen LogP contribution in [0, 0.1) is 5.92 Å². The number of aliphatic carboxylic acids is 1. The molecule has 0 radical (unpaired) electrons. The number of hydrogen-bond acceptors (Lipinski definition) is 5. The maximum atomic E-state index is 11.7. The Kier molecular flexibility index (Phi) is 7.62. The molecule has 0 bridgehead atoms. The van der Waals surface area contributed by atoms with E-state index in [1.807, 2.05) is 6.92 Å². The van der Waals surface area contributed by atoms with E-state index >= 15 is 0 Å². The van der Waals surface area contributed by atoms with Gasteiger partial charge in [0.15, 0.2) is 0 Å². The standard InChI is InChI=1S/C11H22N2O5S/c1-4-12-7-8(2)10(14)13-9(11(15)16)5-6-19(3,17)18/h8-9,12H,4-7H2,1-3H3,(H,13,14)(H,15,16). The highest BCUT2D eigenvalue weighted by Gasteiger charge is 2.23. The largest absolute Gasteiger partial charge is 0.480 e. The molecule has 0 aromatic heterocycles. The molecule has 0 rings (SSSR count). The lowest BCUT2D eigenvalue weighted by atomic mass is 10.1. The highest BCUT2D eigenvalue weighted by Crippen LogP contribution is 2.00. The summed E-state index contributed by atoms with van der Waals surface area (Å²) in [5, 5.41) is 14.3. The van der Waals surface area contributed by atoms with Crippen LogP contribution in [0.5, 0.6) is 0 Å². The minimum atomic E-state index is -3.25. The van der Waals surface area contributed by atoms with Gasteiger partial charge in [0.2, 0.25) is 5.91 Å². The van der Waals surface area contributed by atoms with Crippen molar-refractivity contribution in [3.05, 3.63) is 0 Å². The zero-order valence-corrected chi connectivity index (χ0v) is 12.3. The highest BCUT2D eigenvalue weighted by atomic mass is 32.2. The molecule has 0 saturated carbocycles. The van der Waals surface area contributed by atoms with E-state index in [1.165, 1.54) is 0 Å². The first-order valence-corrected chi connectivity index (χ1v) is 8.15. The van der Waals surface area contributed by atoms with Crippen molar-refractivity contribution in [2.24, 2.45) is 5.92 Å². The number of carbonyl (C=O) groups is 2. The van der Waals surface area contributed by atoms with Gasteiger partial charge in [-0.2, -0.15) is 0 Å². The zero-order valence-electron chi connectivity index (χ0n) is 11.5. The lowest BCUT2D eigenvalue weighted by molar-refractivity contribution is -0.142. The van der Waals surface area contributed by atoms with E-state index in [1.54, 1.807) is 6.92 Å². The van der Waals surface area contributed by atoms with Gasteiger partial charge in [-0.1, -0.05) is 13.8 Å². The molecular weight excluding hydrogens is 272 g/mol. The van der Waals surface area contributed by atoms with E-state index in [2.05, 4.69) is 10.6 Å². The predicted molar refractivity (Wildman–Crippen MR) is 71.6 cm³/mol. The summed E-state index contributed by atoms with van der Waals surface area (Å²) in [6.45, 7) is 4.74. The van der Waals surface area contributed by atoms with Gasteiger partial charge in [0.05, 0.1) is 5.75 Å². The molecule has 0 aromatic rings. The monoisotopic (exact) mass is 294 g/mol. The van der Waals surface area contributed by atoms with Gasteiger partial charge in [0.1, 0.15) is 15.9 Å². The number of carboxylic acid groups (broad SMARTS) is 1. The van der Waals surface area contributed by atoms with E-state index in [0.29, 0.717) is 13.1 Å². The molecule has 19 heavy (non-hydrogen) atoms. The Morgan fingerprint density at radius 2 is 1.89 bits per heavy atom. The van der Waals surface area contributed by atoms with Gasteiger partial charge >= 0.3 is 5.97 Å². The van der Waals surface area contributed by atoms with Crippen molar-refractivity contribution in [1.82, 2.24) is 10.6 Å². The molecule has 2 unspecified atom stereocenters. The Bertz CT molecular complexity index is 407. The maximum absolute atomic E-state index is 11.7. The van der Waals surface area contributed by atoms with E-state index in [-0.39, 0.29) is 18.1 Å². The molecule has 0 aromatic carbocycles. The summed E-state index contributed by atoms with van der Waals surface area (Å²) in [5.41, 5.74) is 0. The van der Waals surface area contributed by atoms with Crippen LogP contribution in [0.2, 0.25) is 0 Å². The van der Waals surface area contributed by atoms with E-state index in [0.717, 1.165) is 6.26 Å². The molecule has 3 N–H and O–H groups in total. The van der Waals surface area contributed by atoms with Crippen molar-refractivity contribution >= 4 is 21.7 Å². The third kappa shape index (κ3) is 8.55. The molecule has 7 nitrogen and oxygen atoms in total. The van der Waals surface area contributed by atoms with Crippen molar-refractivity contribution in [3.8, 4) is 0 Å². The van der Waals surface area contributed by atoms with E-state index in [9.17, 15) is 18.0 Å². The third-order valence-corrected chi connectivity index (χ3v) is 3.52. The SMILES string of the molecule is CCNCC(C)C(=O)NC(CCS(C)(=O)=O)C(=O)O. The second-order valence-electron chi connectivity index (χ2n) is 4.53. The Morgan fingerprint density at radius 3 is 2.32 bits per heavy atom. The molecule has 0 spiro atoms. The smallest absolute Gasteiger partial charge is 0.326 e. The molecule has 8 heteroatoms. The zero-order chi connectivity index (χ0) is 15.1. The Morgan fingerprint density at radius 1 is 1.32 bits per heavy atom. The van der Waals surface area contributed by atoms with Crippen LogP contribution in [0.15, 0.2) is 0 Å². The van der Waals surface area contributed by atoms with Crippen molar-refractivity contribution in [2.75, 3.05) is 25.1 Å². The summed E-state index contributed by atoms with van der Waals surface area (Å²) >= 11 is 0. The van der Waals surface area contributed by atoms with Crippen LogP contribution in [-0.4, -0.2) is 56.5 Å². The van der Waals surface area contributed by atoms with Gasteiger partial charge in [-0.25, -0.2) is 13.2 Å². The molecule has 0 aliphatic rings. The number of hydrogen-bond donors (Lipinski definition) is 3. The Balaban J connectivity index is 4.42. The number of carbonyl (C=O) groups excluding carboxylic acids is 1. The normalized spacial score (nSPS) is 14.7. The first-order chi connectivity index (χ1) is 8.67.